The van der Waals surface area contributed by atoms with Gasteiger partial charge in [-0.2, -0.15) is 0 Å². The van der Waals surface area contributed by atoms with Gasteiger partial charge < -0.3 is 28.3 Å². The zero-order chi connectivity index (χ0) is 19.0. The molecule has 26 heavy (non-hydrogen) atoms. The van der Waals surface area contributed by atoms with Crippen LogP contribution < -0.4 is 0 Å². The number of hydrogen-bond acceptors (Lipinski definition) is 6. The van der Waals surface area contributed by atoms with Crippen LogP contribution in [0.3, 0.4) is 0 Å². The Labute approximate surface area is 157 Å². The first-order chi connectivity index (χ1) is 12.6. The van der Waals surface area contributed by atoms with Gasteiger partial charge in [-0.3, -0.25) is 0 Å². The lowest BCUT2D eigenvalue weighted by atomic mass is 10.2. The van der Waals surface area contributed by atoms with E-state index in [9.17, 15) is 0 Å². The number of imidazole rings is 1. The molecule has 0 unspecified atom stereocenters. The van der Waals surface area contributed by atoms with Crippen molar-refractivity contribution in [2.45, 2.75) is 40.3 Å². The molecule has 0 saturated heterocycles. The Kier molecular flexibility index (Phi) is 13.4. The standard InChI is InChI=1S/C19H36N2O5/c1-17(2)14-25-11-9-23-7-5-22-6-8-24-10-12-26-15-19-13-21(16-20-19)18(3)4/h13,16-18H,5-12,14-15H2,1-4H3. The minimum absolute atomic E-state index is 0.420. The SMILES string of the molecule is CC(C)COCCOCCOCCOCCOCc1cn(C(C)C)cn1. The highest BCUT2D eigenvalue weighted by Gasteiger charge is 2.01. The second-order valence-corrected chi connectivity index (χ2v) is 6.76. The molecule has 0 bridgehead atoms. The molecule has 152 valence electrons. The van der Waals surface area contributed by atoms with Crippen LogP contribution in [0, 0.1) is 5.92 Å². The van der Waals surface area contributed by atoms with Crippen molar-refractivity contribution in [2.75, 3.05) is 59.5 Å². The smallest absolute Gasteiger partial charge is 0.0952 e. The van der Waals surface area contributed by atoms with Crippen LogP contribution in [0.25, 0.3) is 0 Å². The van der Waals surface area contributed by atoms with Crippen molar-refractivity contribution in [3.63, 3.8) is 0 Å². The molecular formula is C19H36N2O5. The Morgan fingerprint density at radius 3 is 1.73 bits per heavy atom. The third-order valence-corrected chi connectivity index (χ3v) is 3.44. The summed E-state index contributed by atoms with van der Waals surface area (Å²) in [6, 6.07) is 0.420. The summed E-state index contributed by atoms with van der Waals surface area (Å²) >= 11 is 0. The van der Waals surface area contributed by atoms with Gasteiger partial charge in [-0.1, -0.05) is 13.8 Å². The summed E-state index contributed by atoms with van der Waals surface area (Å²) in [5.74, 6) is 0.562. The van der Waals surface area contributed by atoms with Crippen LogP contribution >= 0.6 is 0 Å². The van der Waals surface area contributed by atoms with Gasteiger partial charge >= 0.3 is 0 Å². The average molecular weight is 373 g/mol. The summed E-state index contributed by atoms with van der Waals surface area (Å²) in [7, 11) is 0. The Morgan fingerprint density at radius 2 is 1.27 bits per heavy atom. The van der Waals surface area contributed by atoms with Crippen LogP contribution in [0.2, 0.25) is 0 Å². The van der Waals surface area contributed by atoms with Crippen molar-refractivity contribution in [1.82, 2.24) is 9.55 Å². The molecule has 0 fully saturated rings. The molecule has 0 spiro atoms. The van der Waals surface area contributed by atoms with Crippen LogP contribution in [-0.2, 0) is 30.3 Å². The molecule has 0 aromatic carbocycles. The molecule has 0 N–H and O–H groups in total. The molecular weight excluding hydrogens is 336 g/mol. The van der Waals surface area contributed by atoms with E-state index in [0.29, 0.717) is 71.4 Å². The Bertz CT molecular complexity index is 437. The van der Waals surface area contributed by atoms with E-state index in [1.54, 1.807) is 0 Å². The maximum absolute atomic E-state index is 5.55. The number of ether oxygens (including phenoxy) is 5. The molecule has 0 atom stereocenters. The van der Waals surface area contributed by atoms with Gasteiger partial charge in [0.15, 0.2) is 0 Å². The number of hydrogen-bond donors (Lipinski definition) is 0. The Morgan fingerprint density at radius 1 is 0.769 bits per heavy atom. The van der Waals surface area contributed by atoms with Crippen LogP contribution in [0.15, 0.2) is 12.5 Å². The van der Waals surface area contributed by atoms with Crippen LogP contribution in [0.5, 0.6) is 0 Å². The van der Waals surface area contributed by atoms with E-state index >= 15 is 0 Å². The topological polar surface area (TPSA) is 64.0 Å². The van der Waals surface area contributed by atoms with Crippen LogP contribution in [-0.4, -0.2) is 69.0 Å². The average Bonchev–Trinajstić information content (AvgIpc) is 3.07. The number of rotatable bonds is 17. The van der Waals surface area contributed by atoms with Gasteiger partial charge in [-0.25, -0.2) is 4.98 Å². The van der Waals surface area contributed by atoms with Gasteiger partial charge in [0.05, 0.1) is 71.5 Å². The largest absolute Gasteiger partial charge is 0.379 e. The highest BCUT2D eigenvalue weighted by atomic mass is 16.6. The van der Waals surface area contributed by atoms with Crippen LogP contribution in [0.4, 0.5) is 0 Å². The lowest BCUT2D eigenvalue weighted by Gasteiger charge is -2.08. The van der Waals surface area contributed by atoms with Crippen molar-refractivity contribution in [2.24, 2.45) is 5.92 Å². The van der Waals surface area contributed by atoms with E-state index in [0.717, 1.165) is 12.3 Å². The first kappa shape index (κ1) is 23.0. The zero-order valence-electron chi connectivity index (χ0n) is 16.8. The van der Waals surface area contributed by atoms with E-state index < -0.39 is 0 Å². The molecule has 0 aliphatic rings. The molecule has 0 saturated carbocycles. The second-order valence-electron chi connectivity index (χ2n) is 6.76. The van der Waals surface area contributed by atoms with E-state index in [4.69, 9.17) is 23.7 Å². The molecule has 0 radical (unpaired) electrons. The molecule has 1 aromatic heterocycles. The maximum atomic E-state index is 5.55. The van der Waals surface area contributed by atoms with E-state index in [1.807, 2.05) is 12.5 Å². The molecule has 0 aliphatic heterocycles. The fraction of sp³-hybridized carbons (Fsp3) is 0.842. The summed E-state index contributed by atoms with van der Waals surface area (Å²) in [6.45, 7) is 14.4. The van der Waals surface area contributed by atoms with Crippen molar-refractivity contribution in [1.29, 1.82) is 0 Å². The molecule has 1 aromatic rings. The van der Waals surface area contributed by atoms with Crippen molar-refractivity contribution in [3.8, 4) is 0 Å². The van der Waals surface area contributed by atoms with Gasteiger partial charge in [0.1, 0.15) is 0 Å². The highest BCUT2D eigenvalue weighted by Crippen LogP contribution is 2.06. The maximum Gasteiger partial charge on any atom is 0.0952 e. The number of nitrogens with zero attached hydrogens (tertiary/aromatic N) is 2. The molecule has 1 rings (SSSR count). The van der Waals surface area contributed by atoms with E-state index in [2.05, 4.69) is 37.2 Å². The third kappa shape index (κ3) is 12.4. The highest BCUT2D eigenvalue weighted by molar-refractivity contribution is 4.95. The first-order valence-corrected chi connectivity index (χ1v) is 9.50. The Balaban J connectivity index is 1.78. The van der Waals surface area contributed by atoms with Gasteiger partial charge in [-0.15, -0.1) is 0 Å². The third-order valence-electron chi connectivity index (χ3n) is 3.44. The lowest BCUT2D eigenvalue weighted by Crippen LogP contribution is -2.13. The first-order valence-electron chi connectivity index (χ1n) is 9.50. The predicted molar refractivity (Wildman–Crippen MR) is 100 cm³/mol. The predicted octanol–water partition coefficient (Wildman–Crippen LogP) is 2.70. The number of aromatic nitrogens is 2. The molecule has 0 aliphatic carbocycles. The van der Waals surface area contributed by atoms with Crippen molar-refractivity contribution < 1.29 is 23.7 Å². The summed E-state index contributed by atoms with van der Waals surface area (Å²) in [5, 5.41) is 0. The normalized spacial score (nSPS) is 11.8. The quantitative estimate of drug-likeness (QED) is 0.392. The summed E-state index contributed by atoms with van der Waals surface area (Å²) in [4.78, 5) is 4.30. The molecule has 0 amide bonds. The minimum Gasteiger partial charge on any atom is -0.379 e. The van der Waals surface area contributed by atoms with Crippen molar-refractivity contribution >= 4 is 0 Å². The second kappa shape index (κ2) is 15.1. The summed E-state index contributed by atoms with van der Waals surface area (Å²) in [5.41, 5.74) is 0.941. The van der Waals surface area contributed by atoms with Gasteiger partial charge in [0.25, 0.3) is 0 Å². The fourth-order valence-corrected chi connectivity index (χ4v) is 2.01. The summed E-state index contributed by atoms with van der Waals surface area (Å²) < 4.78 is 29.3. The van der Waals surface area contributed by atoms with Gasteiger partial charge in [-0.05, 0) is 19.8 Å². The molecule has 7 nitrogen and oxygen atoms in total. The fourth-order valence-electron chi connectivity index (χ4n) is 2.01. The monoisotopic (exact) mass is 372 g/mol. The van der Waals surface area contributed by atoms with Gasteiger partial charge in [0, 0.05) is 18.8 Å². The van der Waals surface area contributed by atoms with Crippen LogP contribution in [0.1, 0.15) is 39.4 Å². The van der Waals surface area contributed by atoms with Gasteiger partial charge in [0.2, 0.25) is 0 Å². The Hall–Kier alpha value is -0.990. The zero-order valence-corrected chi connectivity index (χ0v) is 16.8. The summed E-state index contributed by atoms with van der Waals surface area (Å²) in [6.07, 6.45) is 3.84. The minimum atomic E-state index is 0.420. The molecule has 1 heterocycles. The van der Waals surface area contributed by atoms with Crippen molar-refractivity contribution in [3.05, 3.63) is 18.2 Å². The van der Waals surface area contributed by atoms with E-state index in [1.165, 1.54) is 0 Å². The lowest BCUT2D eigenvalue weighted by molar-refractivity contribution is -0.0142. The molecule has 7 heteroatoms. The van der Waals surface area contributed by atoms with E-state index in [-0.39, 0.29) is 0 Å².